The third-order valence-corrected chi connectivity index (χ3v) is 2.23. The van der Waals surface area contributed by atoms with Crippen molar-refractivity contribution in [1.29, 1.82) is 5.26 Å². The van der Waals surface area contributed by atoms with Crippen LogP contribution < -0.4 is 0 Å². The Hall–Kier alpha value is -1.37. The fraction of sp³-hybridized carbons (Fsp3) is 0.700. The molecule has 0 amide bonds. The van der Waals surface area contributed by atoms with Crippen LogP contribution in [0.3, 0.4) is 0 Å². The van der Waals surface area contributed by atoms with Crippen molar-refractivity contribution in [3.8, 4) is 6.07 Å². The Kier molecular flexibility index (Phi) is 4.11. The molecule has 1 aromatic heterocycles. The van der Waals surface area contributed by atoms with Crippen LogP contribution in [0.4, 0.5) is 0 Å². The molecule has 0 saturated carbocycles. The standard InChI is InChI=1S/C10H16N4/c1-3-4-5-6-7-14-10(8-11)9(2)12-13-14/h3-7H2,1-2H3. The van der Waals surface area contributed by atoms with Gasteiger partial charge in [-0.2, -0.15) is 5.26 Å². The first kappa shape index (κ1) is 10.7. The van der Waals surface area contributed by atoms with Gasteiger partial charge < -0.3 is 0 Å². The Morgan fingerprint density at radius 1 is 1.36 bits per heavy atom. The van der Waals surface area contributed by atoms with E-state index in [1.54, 1.807) is 4.68 Å². The lowest BCUT2D eigenvalue weighted by atomic mass is 10.2. The van der Waals surface area contributed by atoms with Gasteiger partial charge in [-0.05, 0) is 13.3 Å². The molecule has 4 nitrogen and oxygen atoms in total. The van der Waals surface area contributed by atoms with Gasteiger partial charge in [-0.1, -0.05) is 31.4 Å². The summed E-state index contributed by atoms with van der Waals surface area (Å²) in [6, 6.07) is 2.12. The molecule has 0 aliphatic carbocycles. The quantitative estimate of drug-likeness (QED) is 0.671. The average molecular weight is 192 g/mol. The summed E-state index contributed by atoms with van der Waals surface area (Å²) in [6.45, 7) is 4.80. The molecule has 0 aliphatic heterocycles. The van der Waals surface area contributed by atoms with Crippen LogP contribution in [0.1, 0.15) is 44.0 Å². The topological polar surface area (TPSA) is 54.5 Å². The van der Waals surface area contributed by atoms with Gasteiger partial charge in [0.2, 0.25) is 0 Å². The highest BCUT2D eigenvalue weighted by molar-refractivity contribution is 5.23. The van der Waals surface area contributed by atoms with Crippen molar-refractivity contribution in [2.45, 2.75) is 46.1 Å². The number of nitrogens with zero attached hydrogens (tertiary/aromatic N) is 4. The van der Waals surface area contributed by atoms with Crippen LogP contribution in [0.5, 0.6) is 0 Å². The van der Waals surface area contributed by atoms with E-state index in [4.69, 9.17) is 5.26 Å². The highest BCUT2D eigenvalue weighted by atomic mass is 15.4. The molecule has 76 valence electrons. The maximum Gasteiger partial charge on any atom is 0.161 e. The third kappa shape index (κ3) is 2.56. The molecule has 0 unspecified atom stereocenters. The lowest BCUT2D eigenvalue weighted by Gasteiger charge is -2.00. The molecule has 1 heterocycles. The molecule has 0 bridgehead atoms. The van der Waals surface area contributed by atoms with Crippen molar-refractivity contribution in [2.75, 3.05) is 0 Å². The highest BCUT2D eigenvalue weighted by Crippen LogP contribution is 2.05. The molecule has 0 saturated heterocycles. The highest BCUT2D eigenvalue weighted by Gasteiger charge is 2.06. The van der Waals surface area contributed by atoms with Crippen LogP contribution >= 0.6 is 0 Å². The summed E-state index contributed by atoms with van der Waals surface area (Å²) in [7, 11) is 0. The van der Waals surface area contributed by atoms with Crippen molar-refractivity contribution in [3.05, 3.63) is 11.4 Å². The maximum atomic E-state index is 8.84. The first-order valence-electron chi connectivity index (χ1n) is 5.09. The SMILES string of the molecule is CCCCCCn1nnc(C)c1C#N. The van der Waals surface area contributed by atoms with Crippen molar-refractivity contribution in [3.63, 3.8) is 0 Å². The molecule has 1 aromatic rings. The van der Waals surface area contributed by atoms with E-state index in [0.29, 0.717) is 5.69 Å². The third-order valence-electron chi connectivity index (χ3n) is 2.23. The minimum atomic E-state index is 0.599. The predicted octanol–water partition coefficient (Wildman–Crippen LogP) is 2.04. The fourth-order valence-electron chi connectivity index (χ4n) is 1.38. The molecule has 0 fully saturated rings. The molecule has 1 rings (SSSR count). The monoisotopic (exact) mass is 192 g/mol. The van der Waals surface area contributed by atoms with Crippen molar-refractivity contribution in [1.82, 2.24) is 15.0 Å². The van der Waals surface area contributed by atoms with Crippen LogP contribution in [0.2, 0.25) is 0 Å². The minimum absolute atomic E-state index is 0.599. The number of aromatic nitrogens is 3. The maximum absolute atomic E-state index is 8.84. The molecular weight excluding hydrogens is 176 g/mol. The summed E-state index contributed by atoms with van der Waals surface area (Å²) in [6.07, 6.45) is 4.74. The van der Waals surface area contributed by atoms with Gasteiger partial charge in [-0.25, -0.2) is 4.68 Å². The van der Waals surface area contributed by atoms with E-state index in [1.165, 1.54) is 19.3 Å². The number of unbranched alkanes of at least 4 members (excludes halogenated alkanes) is 3. The molecule has 4 heteroatoms. The first-order chi connectivity index (χ1) is 6.79. The van der Waals surface area contributed by atoms with Gasteiger partial charge in [0, 0.05) is 6.54 Å². The Morgan fingerprint density at radius 2 is 2.14 bits per heavy atom. The van der Waals surface area contributed by atoms with E-state index in [1.807, 2.05) is 6.92 Å². The number of aryl methyl sites for hydroxylation is 2. The second-order valence-corrected chi connectivity index (χ2v) is 3.42. The summed E-state index contributed by atoms with van der Waals surface area (Å²) in [5.74, 6) is 0. The Labute approximate surface area is 84.5 Å². The smallest absolute Gasteiger partial charge is 0.161 e. The zero-order chi connectivity index (χ0) is 10.4. The summed E-state index contributed by atoms with van der Waals surface area (Å²) >= 11 is 0. The van der Waals surface area contributed by atoms with Gasteiger partial charge in [-0.3, -0.25) is 0 Å². The van der Waals surface area contributed by atoms with E-state index >= 15 is 0 Å². The van der Waals surface area contributed by atoms with Crippen LogP contribution in [0.15, 0.2) is 0 Å². The van der Waals surface area contributed by atoms with Gasteiger partial charge >= 0.3 is 0 Å². The molecular formula is C10H16N4. The van der Waals surface area contributed by atoms with Gasteiger partial charge in [-0.15, -0.1) is 5.10 Å². The average Bonchev–Trinajstić information content (AvgIpc) is 2.54. The first-order valence-corrected chi connectivity index (χ1v) is 5.09. The summed E-state index contributed by atoms with van der Waals surface area (Å²) in [5.41, 5.74) is 1.32. The van der Waals surface area contributed by atoms with E-state index < -0.39 is 0 Å². The van der Waals surface area contributed by atoms with Gasteiger partial charge in [0.1, 0.15) is 6.07 Å². The summed E-state index contributed by atoms with van der Waals surface area (Å²) in [5, 5.41) is 16.6. The normalized spacial score (nSPS) is 10.1. The van der Waals surface area contributed by atoms with Crippen molar-refractivity contribution < 1.29 is 0 Å². The Bertz CT molecular complexity index is 321. The van der Waals surface area contributed by atoms with Crippen LogP contribution in [0, 0.1) is 18.3 Å². The number of rotatable bonds is 5. The van der Waals surface area contributed by atoms with E-state index in [9.17, 15) is 0 Å². The van der Waals surface area contributed by atoms with E-state index in [2.05, 4.69) is 23.3 Å². The summed E-state index contributed by atoms with van der Waals surface area (Å²) < 4.78 is 1.70. The molecule has 0 N–H and O–H groups in total. The Balaban J connectivity index is 2.47. The lowest BCUT2D eigenvalue weighted by Crippen LogP contribution is -2.03. The van der Waals surface area contributed by atoms with Crippen molar-refractivity contribution >= 4 is 0 Å². The molecule has 0 aliphatic rings. The molecule has 14 heavy (non-hydrogen) atoms. The number of hydrogen-bond acceptors (Lipinski definition) is 3. The van der Waals surface area contributed by atoms with Gasteiger partial charge in [0.25, 0.3) is 0 Å². The van der Waals surface area contributed by atoms with Gasteiger partial charge in [0.15, 0.2) is 5.69 Å². The molecule has 0 aromatic carbocycles. The molecule has 0 radical (unpaired) electrons. The number of nitriles is 1. The van der Waals surface area contributed by atoms with Crippen LogP contribution in [-0.2, 0) is 6.54 Å². The lowest BCUT2D eigenvalue weighted by molar-refractivity contribution is 0.524. The van der Waals surface area contributed by atoms with Crippen LogP contribution in [-0.4, -0.2) is 15.0 Å². The molecule has 0 spiro atoms. The predicted molar refractivity (Wildman–Crippen MR) is 53.6 cm³/mol. The minimum Gasteiger partial charge on any atom is -0.234 e. The number of hydrogen-bond donors (Lipinski definition) is 0. The Morgan fingerprint density at radius 3 is 2.79 bits per heavy atom. The second kappa shape index (κ2) is 5.38. The zero-order valence-corrected chi connectivity index (χ0v) is 8.82. The van der Waals surface area contributed by atoms with Crippen LogP contribution in [0.25, 0.3) is 0 Å². The van der Waals surface area contributed by atoms with Gasteiger partial charge in [0.05, 0.1) is 5.69 Å². The fourth-order valence-corrected chi connectivity index (χ4v) is 1.38. The largest absolute Gasteiger partial charge is 0.234 e. The second-order valence-electron chi connectivity index (χ2n) is 3.42. The zero-order valence-electron chi connectivity index (χ0n) is 8.82. The van der Waals surface area contributed by atoms with Crippen molar-refractivity contribution in [2.24, 2.45) is 0 Å². The van der Waals surface area contributed by atoms with E-state index in [0.717, 1.165) is 18.7 Å². The molecule has 0 atom stereocenters. The van der Waals surface area contributed by atoms with E-state index in [-0.39, 0.29) is 0 Å². The summed E-state index contributed by atoms with van der Waals surface area (Å²) in [4.78, 5) is 0.